The maximum absolute atomic E-state index is 13.1. The number of aliphatic hydroxyl groups excluding tert-OH is 1. The average molecular weight is 1470 g/mol. The lowest BCUT2D eigenvalue weighted by molar-refractivity contribution is -0.161. The molecule has 19 heteroatoms. The molecular formula is C83H136O17P2. The van der Waals surface area contributed by atoms with E-state index in [1.54, 1.807) is 0 Å². The molecule has 0 fully saturated rings. The lowest BCUT2D eigenvalue weighted by atomic mass is 10.1. The number of carbonyl (C=O) groups is 4. The summed E-state index contributed by atoms with van der Waals surface area (Å²) in [5.74, 6) is -2.34. The molecule has 0 radical (unpaired) electrons. The number of ether oxygens (including phenoxy) is 4. The minimum atomic E-state index is -5.01. The fourth-order valence-corrected chi connectivity index (χ4v) is 11.3. The highest BCUT2D eigenvalue weighted by Crippen LogP contribution is 2.45. The molecule has 3 N–H and O–H groups in total. The van der Waals surface area contributed by atoms with Gasteiger partial charge < -0.3 is 33.8 Å². The quantitative estimate of drug-likeness (QED) is 0.0169. The largest absolute Gasteiger partial charge is 0.472 e. The first kappa shape index (κ1) is 96.7. The Bertz CT molecular complexity index is 2550. The predicted molar refractivity (Wildman–Crippen MR) is 417 cm³/mol. The number of aliphatic hydroxyl groups is 1. The van der Waals surface area contributed by atoms with Crippen molar-refractivity contribution in [3.05, 3.63) is 158 Å². The molecule has 0 rings (SSSR count). The van der Waals surface area contributed by atoms with E-state index in [0.29, 0.717) is 38.5 Å². The van der Waals surface area contributed by atoms with Gasteiger partial charge in [-0.3, -0.25) is 37.3 Å². The Balaban J connectivity index is 5.43. The Morgan fingerprint density at radius 3 is 0.863 bits per heavy atom. The molecule has 0 spiro atoms. The van der Waals surface area contributed by atoms with Crippen LogP contribution in [0.15, 0.2) is 158 Å². The number of phosphoric ester groups is 2. The summed E-state index contributed by atoms with van der Waals surface area (Å²) in [5.41, 5.74) is 0. The van der Waals surface area contributed by atoms with Crippen molar-refractivity contribution in [2.75, 3.05) is 39.6 Å². The van der Waals surface area contributed by atoms with E-state index in [0.717, 1.165) is 154 Å². The van der Waals surface area contributed by atoms with E-state index in [1.807, 2.05) is 18.2 Å². The number of allylic oxidation sites excluding steroid dienone is 26. The summed E-state index contributed by atoms with van der Waals surface area (Å²) < 4.78 is 68.4. The minimum absolute atomic E-state index is 0.0219. The smallest absolute Gasteiger partial charge is 0.462 e. The Morgan fingerprint density at radius 1 is 0.284 bits per heavy atom. The van der Waals surface area contributed by atoms with Crippen molar-refractivity contribution in [2.24, 2.45) is 0 Å². The summed E-state index contributed by atoms with van der Waals surface area (Å²) in [6.45, 7) is 4.37. The molecule has 5 unspecified atom stereocenters. The van der Waals surface area contributed by atoms with E-state index in [1.165, 1.54) is 38.5 Å². The SMILES string of the molecule is CC/C=C\C/C=C\C/C=C\C/C=C\C/C=C\C/C=C\CCC(=O)OCC(COP(=O)(O)OCC(O)COP(=O)(O)OCC(COC(=O)CCCCCCCCC/C=C\C/C=C\C/C=C\CC)OC(=O)CCCCCCCCCCCCC)OC(=O)CCCC/C=C\C/C=C\C/C=C\C/C=C\CC. The highest BCUT2D eigenvalue weighted by Gasteiger charge is 2.30. The maximum atomic E-state index is 13.1. The van der Waals surface area contributed by atoms with Gasteiger partial charge in [0.25, 0.3) is 0 Å². The van der Waals surface area contributed by atoms with Gasteiger partial charge in [0.2, 0.25) is 0 Å². The zero-order chi connectivity index (χ0) is 74.6. The molecule has 580 valence electrons. The van der Waals surface area contributed by atoms with Gasteiger partial charge in [-0.2, -0.15) is 0 Å². The summed E-state index contributed by atoms with van der Waals surface area (Å²) in [4.78, 5) is 72.8. The molecule has 0 aliphatic rings. The Morgan fingerprint density at radius 2 is 0.529 bits per heavy atom. The van der Waals surface area contributed by atoms with Gasteiger partial charge in [0.15, 0.2) is 12.2 Å². The molecule has 0 saturated carbocycles. The van der Waals surface area contributed by atoms with Crippen LogP contribution in [-0.4, -0.2) is 96.7 Å². The van der Waals surface area contributed by atoms with Crippen LogP contribution in [0.3, 0.4) is 0 Å². The first-order valence-electron chi connectivity index (χ1n) is 38.7. The molecule has 0 amide bonds. The zero-order valence-corrected chi connectivity index (χ0v) is 65.0. The summed E-state index contributed by atoms with van der Waals surface area (Å²) in [6.07, 6.45) is 85.4. The van der Waals surface area contributed by atoms with Crippen molar-refractivity contribution in [2.45, 2.75) is 303 Å². The third-order valence-corrected chi connectivity index (χ3v) is 17.4. The summed E-state index contributed by atoms with van der Waals surface area (Å²) in [6, 6.07) is 0. The fourth-order valence-electron chi connectivity index (χ4n) is 9.72. The molecule has 0 aromatic heterocycles. The summed E-state index contributed by atoms with van der Waals surface area (Å²) in [5, 5.41) is 10.6. The highest BCUT2D eigenvalue weighted by atomic mass is 31.2. The van der Waals surface area contributed by atoms with Gasteiger partial charge in [0.1, 0.15) is 19.3 Å². The Kier molecular flexibility index (Phi) is 70.1. The van der Waals surface area contributed by atoms with Crippen LogP contribution in [0.1, 0.15) is 285 Å². The molecule has 102 heavy (non-hydrogen) atoms. The number of phosphoric acid groups is 2. The van der Waals surface area contributed by atoms with Crippen molar-refractivity contribution in [3.63, 3.8) is 0 Å². The second kappa shape index (κ2) is 74.0. The lowest BCUT2D eigenvalue weighted by Gasteiger charge is -2.21. The average Bonchev–Trinajstić information content (AvgIpc) is 0.939. The molecule has 0 heterocycles. The van der Waals surface area contributed by atoms with E-state index in [-0.39, 0.29) is 25.7 Å². The first-order chi connectivity index (χ1) is 49.7. The number of carbonyl (C=O) groups excluding carboxylic acids is 4. The summed E-state index contributed by atoms with van der Waals surface area (Å²) in [7, 11) is -9.99. The van der Waals surface area contributed by atoms with E-state index < -0.39 is 97.5 Å². The number of hydrogen-bond donors (Lipinski definition) is 3. The van der Waals surface area contributed by atoms with Crippen molar-refractivity contribution in [1.29, 1.82) is 0 Å². The topological polar surface area (TPSA) is 237 Å². The maximum Gasteiger partial charge on any atom is 0.472 e. The molecule has 0 saturated heterocycles. The number of esters is 4. The summed E-state index contributed by atoms with van der Waals surface area (Å²) >= 11 is 0. The van der Waals surface area contributed by atoms with Gasteiger partial charge in [-0.15, -0.1) is 0 Å². The van der Waals surface area contributed by atoms with Crippen LogP contribution < -0.4 is 0 Å². The molecule has 0 aliphatic carbocycles. The normalized spacial score (nSPS) is 14.8. The van der Waals surface area contributed by atoms with Crippen LogP contribution in [0.25, 0.3) is 0 Å². The molecule has 0 aromatic carbocycles. The highest BCUT2D eigenvalue weighted by molar-refractivity contribution is 7.47. The third-order valence-electron chi connectivity index (χ3n) is 15.5. The second-order valence-electron chi connectivity index (χ2n) is 25.2. The van der Waals surface area contributed by atoms with Gasteiger partial charge in [-0.05, 0) is 135 Å². The molecule has 17 nitrogen and oxygen atoms in total. The third kappa shape index (κ3) is 73.0. The van der Waals surface area contributed by atoms with Crippen molar-refractivity contribution < 1.29 is 80.2 Å². The molecule has 0 aromatic rings. The lowest BCUT2D eigenvalue weighted by Crippen LogP contribution is -2.30. The standard InChI is InChI=1S/C83H136O17P2/c1-5-9-13-17-21-25-29-32-35-37-38-40-43-45-49-52-56-60-64-68-81(86)94-74-79(100-83(88)70-66-62-58-54-50-46-41-34-31-27-23-19-15-11-7-3)76-98-102(91,92)96-72-77(84)71-95-101(89,90)97-75-78(99-82(87)69-65-61-57-53-47-28-24-20-16-12-8-4)73-93-80(85)67-63-59-55-51-48-44-42-39-36-33-30-26-22-18-14-10-6-2/h9-11,13-15,21-23,25-27,32-36,38,40-41,45,49-50,54,56,60,77-79,84H,5-8,12,16-20,24,28-31,37,39,42-44,46-48,51-53,55,57-59,61-76H2,1-4H3,(H,89,90)(H,91,92)/b13-9-,14-10-,15-11-,25-21-,26-22-,27-23-,35-32-,36-33-,40-38-,41-34-,49-45-,54-50-,60-56-. The van der Waals surface area contributed by atoms with Crippen LogP contribution in [0.5, 0.6) is 0 Å². The van der Waals surface area contributed by atoms with Crippen molar-refractivity contribution >= 4 is 39.5 Å². The van der Waals surface area contributed by atoms with Crippen LogP contribution in [0.4, 0.5) is 0 Å². The Labute approximate surface area is 617 Å². The van der Waals surface area contributed by atoms with E-state index in [2.05, 4.69) is 167 Å². The van der Waals surface area contributed by atoms with Crippen LogP contribution in [0.2, 0.25) is 0 Å². The van der Waals surface area contributed by atoms with Gasteiger partial charge in [0.05, 0.1) is 26.4 Å². The zero-order valence-electron chi connectivity index (χ0n) is 63.2. The number of rotatable bonds is 71. The van der Waals surface area contributed by atoms with Gasteiger partial charge in [0, 0.05) is 25.7 Å². The number of hydrogen-bond acceptors (Lipinski definition) is 15. The fraction of sp³-hybridized carbons (Fsp3) is 0.639. The number of unbranched alkanes of at least 4 members (excludes halogenated alkanes) is 19. The monoisotopic (exact) mass is 1470 g/mol. The minimum Gasteiger partial charge on any atom is -0.462 e. The molecular weight excluding hydrogens is 1330 g/mol. The van der Waals surface area contributed by atoms with E-state index in [4.69, 9.17) is 37.0 Å². The van der Waals surface area contributed by atoms with Gasteiger partial charge in [-0.25, -0.2) is 9.13 Å². The predicted octanol–water partition coefficient (Wildman–Crippen LogP) is 22.4. The first-order valence-corrected chi connectivity index (χ1v) is 41.7. The van der Waals surface area contributed by atoms with Gasteiger partial charge >= 0.3 is 39.5 Å². The van der Waals surface area contributed by atoms with E-state index >= 15 is 0 Å². The second-order valence-corrected chi connectivity index (χ2v) is 28.1. The molecule has 0 bridgehead atoms. The van der Waals surface area contributed by atoms with E-state index in [9.17, 15) is 43.2 Å². The van der Waals surface area contributed by atoms with Crippen molar-refractivity contribution in [3.8, 4) is 0 Å². The molecule has 5 atom stereocenters. The van der Waals surface area contributed by atoms with Gasteiger partial charge in [-0.1, -0.05) is 282 Å². The molecule has 0 aliphatic heterocycles. The van der Waals surface area contributed by atoms with Crippen LogP contribution in [0, 0.1) is 0 Å². The Hall–Kier alpha value is -5.32. The van der Waals surface area contributed by atoms with Crippen molar-refractivity contribution in [1.82, 2.24) is 0 Å². The van der Waals surface area contributed by atoms with Crippen LogP contribution in [-0.2, 0) is 65.4 Å². The van der Waals surface area contributed by atoms with Crippen LogP contribution >= 0.6 is 15.6 Å².